The van der Waals surface area contributed by atoms with Gasteiger partial charge >= 0.3 is 0 Å². The van der Waals surface area contributed by atoms with Crippen molar-refractivity contribution in [2.45, 2.75) is 4.21 Å². The molecule has 1 aliphatic heterocycles. The van der Waals surface area contributed by atoms with Crippen molar-refractivity contribution in [1.82, 2.24) is 9.21 Å². The predicted molar refractivity (Wildman–Crippen MR) is 99.7 cm³/mol. The van der Waals surface area contributed by atoms with Crippen molar-refractivity contribution in [3.05, 3.63) is 45.7 Å². The molecule has 0 radical (unpaired) electrons. The molecule has 0 unspecified atom stereocenters. The number of piperazine rings is 1. The molecule has 1 aromatic carbocycles. The second-order valence-corrected chi connectivity index (χ2v) is 10.1. The molecule has 0 N–H and O–H groups in total. The smallest absolute Gasteiger partial charge is 0.253 e. The fraction of sp³-hybridized carbons (Fsp3) is 0.312. The molecule has 0 spiro atoms. The number of methoxy groups -OCH3 is 1. The third-order valence-electron chi connectivity index (χ3n) is 4.01. The Hall–Kier alpha value is -1.42. The van der Waals surface area contributed by atoms with Gasteiger partial charge in [0.1, 0.15) is 9.96 Å². The average molecular weight is 445 g/mol. The second kappa shape index (κ2) is 7.45. The zero-order chi connectivity index (χ0) is 18.0. The molecule has 3 rings (SSSR count). The van der Waals surface area contributed by atoms with Gasteiger partial charge in [-0.3, -0.25) is 4.79 Å². The standard InChI is InChI=1S/C16H17BrN2O4S2/c1-23-13-4-2-12(3-5-13)16(20)18-8-10-19(11-9-18)25(21,22)15-7-6-14(17)24-15/h2-7H,8-11H2,1H3. The summed E-state index contributed by atoms with van der Waals surface area (Å²) in [5.41, 5.74) is 0.569. The summed E-state index contributed by atoms with van der Waals surface area (Å²) in [5, 5.41) is 0. The van der Waals surface area contributed by atoms with Crippen molar-refractivity contribution >= 4 is 43.2 Å². The summed E-state index contributed by atoms with van der Waals surface area (Å²) in [6.45, 7) is 1.33. The minimum Gasteiger partial charge on any atom is -0.497 e. The molecular formula is C16H17BrN2O4S2. The molecule has 0 bridgehead atoms. The van der Waals surface area contributed by atoms with Crippen LogP contribution in [-0.2, 0) is 10.0 Å². The summed E-state index contributed by atoms with van der Waals surface area (Å²) in [6, 6.07) is 10.2. The van der Waals surface area contributed by atoms with Crippen LogP contribution in [0.4, 0.5) is 0 Å². The van der Waals surface area contributed by atoms with E-state index in [1.54, 1.807) is 48.4 Å². The second-order valence-electron chi connectivity index (χ2n) is 5.48. The van der Waals surface area contributed by atoms with Crippen LogP contribution in [0.25, 0.3) is 0 Å². The lowest BCUT2D eigenvalue weighted by Gasteiger charge is -2.33. The molecule has 0 aliphatic carbocycles. The van der Waals surface area contributed by atoms with Crippen molar-refractivity contribution in [2.24, 2.45) is 0 Å². The molecule has 1 saturated heterocycles. The van der Waals surface area contributed by atoms with E-state index in [0.717, 1.165) is 3.79 Å². The number of hydrogen-bond acceptors (Lipinski definition) is 5. The third-order valence-corrected chi connectivity index (χ3v) is 8.00. The molecule has 6 nitrogen and oxygen atoms in total. The molecule has 25 heavy (non-hydrogen) atoms. The van der Waals surface area contributed by atoms with Gasteiger partial charge in [0.2, 0.25) is 0 Å². The highest BCUT2D eigenvalue weighted by Crippen LogP contribution is 2.29. The number of amides is 1. The highest BCUT2D eigenvalue weighted by Gasteiger charge is 2.31. The van der Waals surface area contributed by atoms with Crippen LogP contribution in [0.2, 0.25) is 0 Å². The van der Waals surface area contributed by atoms with Crippen LogP contribution < -0.4 is 4.74 Å². The molecule has 1 aromatic heterocycles. The van der Waals surface area contributed by atoms with E-state index >= 15 is 0 Å². The Labute approximate surface area is 159 Å². The topological polar surface area (TPSA) is 66.9 Å². The van der Waals surface area contributed by atoms with Crippen LogP contribution in [0.3, 0.4) is 0 Å². The summed E-state index contributed by atoms with van der Waals surface area (Å²) in [4.78, 5) is 14.2. The molecule has 0 atom stereocenters. The number of carbonyl (C=O) groups is 1. The zero-order valence-corrected chi connectivity index (χ0v) is 16.7. The van der Waals surface area contributed by atoms with Gasteiger partial charge in [-0.1, -0.05) is 0 Å². The first-order valence-corrected chi connectivity index (χ1v) is 10.7. The number of ether oxygens (including phenoxy) is 1. The van der Waals surface area contributed by atoms with E-state index < -0.39 is 10.0 Å². The number of carbonyl (C=O) groups excluding carboxylic acids is 1. The Morgan fingerprint density at radius 1 is 1.08 bits per heavy atom. The average Bonchev–Trinajstić information content (AvgIpc) is 3.08. The van der Waals surface area contributed by atoms with E-state index in [4.69, 9.17) is 4.74 Å². The van der Waals surface area contributed by atoms with Gasteiger partial charge in [-0.2, -0.15) is 4.31 Å². The highest BCUT2D eigenvalue weighted by molar-refractivity contribution is 9.11. The number of halogens is 1. The molecule has 1 amide bonds. The Balaban J connectivity index is 1.66. The lowest BCUT2D eigenvalue weighted by Crippen LogP contribution is -2.50. The first kappa shape index (κ1) is 18.4. The molecule has 1 fully saturated rings. The molecule has 1 aliphatic rings. The normalized spacial score (nSPS) is 16.0. The van der Waals surface area contributed by atoms with Crippen LogP contribution in [0, 0.1) is 0 Å². The SMILES string of the molecule is COc1ccc(C(=O)N2CCN(S(=O)(=O)c3ccc(Br)s3)CC2)cc1. The maximum Gasteiger partial charge on any atom is 0.253 e. The molecule has 2 heterocycles. The Morgan fingerprint density at radius 2 is 1.72 bits per heavy atom. The fourth-order valence-electron chi connectivity index (χ4n) is 2.61. The molecule has 2 aromatic rings. The Kier molecular flexibility index (Phi) is 5.47. The molecule has 0 saturated carbocycles. The van der Waals surface area contributed by atoms with E-state index in [1.807, 2.05) is 0 Å². The number of nitrogens with zero attached hydrogens (tertiary/aromatic N) is 2. The van der Waals surface area contributed by atoms with E-state index in [1.165, 1.54) is 15.6 Å². The predicted octanol–water partition coefficient (Wildman–Crippen LogP) is 2.67. The monoisotopic (exact) mass is 444 g/mol. The zero-order valence-electron chi connectivity index (χ0n) is 13.5. The van der Waals surface area contributed by atoms with Crippen LogP contribution in [0.15, 0.2) is 44.4 Å². The van der Waals surface area contributed by atoms with Gasteiger partial charge in [0, 0.05) is 31.7 Å². The van der Waals surface area contributed by atoms with Crippen molar-refractivity contribution in [3.8, 4) is 5.75 Å². The summed E-state index contributed by atoms with van der Waals surface area (Å²) in [7, 11) is -1.92. The van der Waals surface area contributed by atoms with Gasteiger partial charge in [-0.05, 0) is 52.3 Å². The van der Waals surface area contributed by atoms with Gasteiger partial charge in [-0.25, -0.2) is 8.42 Å². The van der Waals surface area contributed by atoms with E-state index in [0.29, 0.717) is 41.7 Å². The summed E-state index contributed by atoms with van der Waals surface area (Å²) in [5.74, 6) is 0.591. The molecular weight excluding hydrogens is 428 g/mol. The minimum atomic E-state index is -3.50. The molecule has 9 heteroatoms. The number of thiophene rings is 1. The lowest BCUT2D eigenvalue weighted by atomic mass is 10.2. The van der Waals surface area contributed by atoms with Crippen molar-refractivity contribution in [1.29, 1.82) is 0 Å². The Morgan fingerprint density at radius 3 is 2.24 bits per heavy atom. The van der Waals surface area contributed by atoms with E-state index in [2.05, 4.69) is 15.9 Å². The van der Waals surface area contributed by atoms with Crippen molar-refractivity contribution < 1.29 is 17.9 Å². The van der Waals surface area contributed by atoms with Crippen LogP contribution in [0.5, 0.6) is 5.75 Å². The fourth-order valence-corrected chi connectivity index (χ4v) is 6.20. The number of hydrogen-bond donors (Lipinski definition) is 0. The van der Waals surface area contributed by atoms with Gasteiger partial charge < -0.3 is 9.64 Å². The van der Waals surface area contributed by atoms with Crippen molar-refractivity contribution in [2.75, 3.05) is 33.3 Å². The van der Waals surface area contributed by atoms with E-state index in [-0.39, 0.29) is 5.91 Å². The first-order chi connectivity index (χ1) is 11.9. The van der Waals surface area contributed by atoms with Gasteiger partial charge in [-0.15, -0.1) is 11.3 Å². The minimum absolute atomic E-state index is 0.0985. The maximum absolute atomic E-state index is 12.6. The summed E-state index contributed by atoms with van der Waals surface area (Å²) in [6.07, 6.45) is 0. The van der Waals surface area contributed by atoms with Crippen LogP contribution in [-0.4, -0.2) is 56.8 Å². The number of rotatable bonds is 4. The van der Waals surface area contributed by atoms with Gasteiger partial charge in [0.15, 0.2) is 0 Å². The quantitative estimate of drug-likeness (QED) is 0.726. The maximum atomic E-state index is 12.6. The largest absolute Gasteiger partial charge is 0.497 e. The lowest BCUT2D eigenvalue weighted by molar-refractivity contribution is 0.0698. The first-order valence-electron chi connectivity index (χ1n) is 7.60. The highest BCUT2D eigenvalue weighted by atomic mass is 79.9. The Bertz CT molecular complexity index is 857. The van der Waals surface area contributed by atoms with Gasteiger partial charge in [0.05, 0.1) is 10.9 Å². The number of benzene rings is 1. The summed E-state index contributed by atoms with van der Waals surface area (Å²) < 4.78 is 32.8. The summed E-state index contributed by atoms with van der Waals surface area (Å²) >= 11 is 4.48. The van der Waals surface area contributed by atoms with E-state index in [9.17, 15) is 13.2 Å². The number of sulfonamides is 1. The third kappa shape index (κ3) is 3.89. The molecule has 134 valence electrons. The van der Waals surface area contributed by atoms with Gasteiger partial charge in [0.25, 0.3) is 15.9 Å². The van der Waals surface area contributed by atoms with Crippen molar-refractivity contribution in [3.63, 3.8) is 0 Å². The van der Waals surface area contributed by atoms with Crippen LogP contribution in [0.1, 0.15) is 10.4 Å². The van der Waals surface area contributed by atoms with Crippen LogP contribution >= 0.6 is 27.3 Å².